The lowest BCUT2D eigenvalue weighted by Crippen LogP contribution is -2.58. The Bertz CT molecular complexity index is 502. The molecular weight excluding hydrogens is 284 g/mol. The fourth-order valence-corrected chi connectivity index (χ4v) is 6.93. The third-order valence-electron chi connectivity index (χ3n) is 7.87. The van der Waals surface area contributed by atoms with Crippen LogP contribution in [0.25, 0.3) is 0 Å². The number of rotatable bonds is 3. The van der Waals surface area contributed by atoms with E-state index in [0.29, 0.717) is 11.5 Å². The fraction of sp³-hybridized carbons (Fsp3) is 0.857. The highest BCUT2D eigenvalue weighted by molar-refractivity contribution is 5.87. The summed E-state index contributed by atoms with van der Waals surface area (Å²) in [6.07, 6.45) is 15.7. The summed E-state index contributed by atoms with van der Waals surface area (Å²) >= 11 is 0. The summed E-state index contributed by atoms with van der Waals surface area (Å²) in [4.78, 5) is 12.6. The Hall–Kier alpha value is -0.790. The minimum absolute atomic E-state index is 0.124. The summed E-state index contributed by atoms with van der Waals surface area (Å²) in [5, 5.41) is 0. The van der Waals surface area contributed by atoms with Crippen molar-refractivity contribution in [3.63, 3.8) is 0 Å². The third-order valence-corrected chi connectivity index (χ3v) is 7.87. The maximum Gasteiger partial charge on any atom is 0.333 e. The molecule has 0 heterocycles. The van der Waals surface area contributed by atoms with Gasteiger partial charge in [-0.2, -0.15) is 0 Å². The van der Waals surface area contributed by atoms with E-state index < -0.39 is 0 Å². The van der Waals surface area contributed by atoms with Crippen LogP contribution in [0.2, 0.25) is 0 Å². The van der Waals surface area contributed by atoms with E-state index in [0.717, 1.165) is 18.3 Å². The second-order valence-corrected chi connectivity index (χ2v) is 9.04. The zero-order valence-electron chi connectivity index (χ0n) is 14.7. The average Bonchev–Trinajstić information content (AvgIpc) is 3.26. The number of carbonyl (C=O) groups is 1. The van der Waals surface area contributed by atoms with Crippen molar-refractivity contribution in [1.29, 1.82) is 0 Å². The molecule has 0 radical (unpaired) electrons. The van der Waals surface area contributed by atoms with Gasteiger partial charge >= 0.3 is 5.97 Å². The molecule has 0 aromatic rings. The molecule has 0 saturated heterocycles. The van der Waals surface area contributed by atoms with Gasteiger partial charge in [-0.3, -0.25) is 0 Å². The molecule has 2 nitrogen and oxygen atoms in total. The van der Waals surface area contributed by atoms with Crippen molar-refractivity contribution in [2.45, 2.75) is 89.6 Å². The van der Waals surface area contributed by atoms with Gasteiger partial charge in [0.15, 0.2) is 0 Å². The number of carbonyl (C=O) groups excluding carboxylic acids is 1. The van der Waals surface area contributed by atoms with Crippen LogP contribution in [0.15, 0.2) is 12.2 Å². The Labute approximate surface area is 141 Å². The van der Waals surface area contributed by atoms with Gasteiger partial charge in [0.2, 0.25) is 0 Å². The quantitative estimate of drug-likeness (QED) is 0.513. The summed E-state index contributed by atoms with van der Waals surface area (Å²) in [6.45, 7) is 5.67. The van der Waals surface area contributed by atoms with Crippen LogP contribution >= 0.6 is 0 Å². The Morgan fingerprint density at radius 1 is 1.00 bits per heavy atom. The monoisotopic (exact) mass is 316 g/mol. The molecule has 0 aromatic heterocycles. The number of esters is 1. The molecular formula is C21H32O2. The highest BCUT2D eigenvalue weighted by atomic mass is 16.6. The van der Waals surface area contributed by atoms with Crippen LogP contribution < -0.4 is 0 Å². The molecule has 4 atom stereocenters. The molecule has 4 aliphatic carbocycles. The molecule has 4 rings (SSSR count). The molecule has 0 aliphatic heterocycles. The summed E-state index contributed by atoms with van der Waals surface area (Å²) in [7, 11) is 0. The van der Waals surface area contributed by atoms with Gasteiger partial charge in [-0.25, -0.2) is 4.79 Å². The minimum atomic E-state index is -0.169. The highest BCUT2D eigenvalue weighted by Gasteiger charge is 2.63. The van der Waals surface area contributed by atoms with Crippen LogP contribution in [0.5, 0.6) is 0 Å². The van der Waals surface area contributed by atoms with Gasteiger partial charge in [-0.1, -0.05) is 32.3 Å². The Kier molecular flexibility index (Phi) is 3.85. The smallest absolute Gasteiger partial charge is 0.333 e. The van der Waals surface area contributed by atoms with Crippen molar-refractivity contribution in [3.05, 3.63) is 12.2 Å². The molecule has 4 unspecified atom stereocenters. The van der Waals surface area contributed by atoms with Crippen LogP contribution in [0.3, 0.4) is 0 Å². The lowest BCUT2D eigenvalue weighted by atomic mass is 9.54. The molecule has 1 spiro atoms. The van der Waals surface area contributed by atoms with Crippen LogP contribution in [0, 0.1) is 23.2 Å². The van der Waals surface area contributed by atoms with E-state index >= 15 is 0 Å². The normalized spacial score (nSPS) is 41.3. The first-order valence-corrected chi connectivity index (χ1v) is 9.95. The summed E-state index contributed by atoms with van der Waals surface area (Å²) in [5.41, 5.74) is 0.689. The van der Waals surface area contributed by atoms with Crippen molar-refractivity contribution in [3.8, 4) is 0 Å². The van der Waals surface area contributed by atoms with Gasteiger partial charge in [0, 0.05) is 16.9 Å². The second-order valence-electron chi connectivity index (χ2n) is 9.04. The zero-order chi connectivity index (χ0) is 16.1. The molecule has 0 aromatic carbocycles. The van der Waals surface area contributed by atoms with Gasteiger partial charge < -0.3 is 4.74 Å². The predicted octanol–water partition coefficient (Wildman–Crippen LogP) is 5.42. The number of hydrogen-bond donors (Lipinski definition) is 0. The van der Waals surface area contributed by atoms with Crippen molar-refractivity contribution in [2.24, 2.45) is 23.2 Å². The van der Waals surface area contributed by atoms with Gasteiger partial charge in [0.05, 0.1) is 0 Å². The highest BCUT2D eigenvalue weighted by Crippen LogP contribution is 2.65. The second kappa shape index (κ2) is 5.63. The van der Waals surface area contributed by atoms with Crippen LogP contribution in [0.1, 0.15) is 84.0 Å². The molecule has 0 amide bonds. The molecule has 4 fully saturated rings. The standard InChI is InChI=1S/C21H32O2/c1-15(2)19(22)23-21(18-14-16-7-8-17(18)13-16)12-6-5-11-20(21)9-3-4-10-20/h16-18H,1,3-14H2,2H3. The van der Waals surface area contributed by atoms with E-state index in [9.17, 15) is 4.79 Å². The lowest BCUT2D eigenvalue weighted by Gasteiger charge is -2.56. The van der Waals surface area contributed by atoms with E-state index in [4.69, 9.17) is 4.74 Å². The van der Waals surface area contributed by atoms with Gasteiger partial charge in [-0.05, 0) is 70.1 Å². The van der Waals surface area contributed by atoms with Gasteiger partial charge in [-0.15, -0.1) is 0 Å². The van der Waals surface area contributed by atoms with Crippen molar-refractivity contribution in [2.75, 3.05) is 0 Å². The van der Waals surface area contributed by atoms with E-state index in [1.807, 2.05) is 0 Å². The lowest BCUT2D eigenvalue weighted by molar-refractivity contribution is -0.204. The first-order chi connectivity index (χ1) is 11.1. The number of ether oxygens (including phenoxy) is 1. The van der Waals surface area contributed by atoms with E-state index in [-0.39, 0.29) is 17.0 Å². The van der Waals surface area contributed by atoms with Crippen LogP contribution in [-0.2, 0) is 9.53 Å². The number of hydrogen-bond acceptors (Lipinski definition) is 2. The first-order valence-electron chi connectivity index (χ1n) is 9.95. The molecule has 4 aliphatic rings. The Balaban J connectivity index is 1.73. The van der Waals surface area contributed by atoms with Crippen LogP contribution in [-0.4, -0.2) is 11.6 Å². The minimum Gasteiger partial charge on any atom is -0.455 e. The molecule has 23 heavy (non-hydrogen) atoms. The fourth-order valence-electron chi connectivity index (χ4n) is 6.93. The molecule has 2 heteroatoms. The Morgan fingerprint density at radius 3 is 2.17 bits per heavy atom. The molecule has 0 N–H and O–H groups in total. The third kappa shape index (κ3) is 2.31. The maximum atomic E-state index is 12.6. The topological polar surface area (TPSA) is 26.3 Å². The SMILES string of the molecule is C=C(C)C(=O)OC1(C2CC3CCC2C3)CCCCC12CCCC2. The molecule has 4 saturated carbocycles. The van der Waals surface area contributed by atoms with Gasteiger partial charge in [0.1, 0.15) is 5.60 Å². The van der Waals surface area contributed by atoms with Crippen molar-refractivity contribution in [1.82, 2.24) is 0 Å². The average molecular weight is 316 g/mol. The summed E-state index contributed by atoms with van der Waals surface area (Å²) in [6, 6.07) is 0. The molecule has 128 valence electrons. The summed E-state index contributed by atoms with van der Waals surface area (Å²) < 4.78 is 6.48. The van der Waals surface area contributed by atoms with Crippen LogP contribution in [0.4, 0.5) is 0 Å². The van der Waals surface area contributed by atoms with E-state index in [1.165, 1.54) is 70.6 Å². The summed E-state index contributed by atoms with van der Waals surface area (Å²) in [5.74, 6) is 2.23. The van der Waals surface area contributed by atoms with Gasteiger partial charge in [0.25, 0.3) is 0 Å². The Morgan fingerprint density at radius 2 is 1.65 bits per heavy atom. The largest absolute Gasteiger partial charge is 0.455 e. The van der Waals surface area contributed by atoms with E-state index in [2.05, 4.69) is 6.58 Å². The predicted molar refractivity (Wildman–Crippen MR) is 91.9 cm³/mol. The molecule has 2 bridgehead atoms. The number of fused-ring (bicyclic) bond motifs is 2. The van der Waals surface area contributed by atoms with Crippen molar-refractivity contribution >= 4 is 5.97 Å². The zero-order valence-corrected chi connectivity index (χ0v) is 14.7. The maximum absolute atomic E-state index is 12.6. The first kappa shape index (κ1) is 15.7. The van der Waals surface area contributed by atoms with Crippen molar-refractivity contribution < 1.29 is 9.53 Å². The van der Waals surface area contributed by atoms with E-state index in [1.54, 1.807) is 6.92 Å².